The van der Waals surface area contributed by atoms with Crippen LogP contribution in [-0.4, -0.2) is 17.7 Å². The van der Waals surface area contributed by atoms with Gasteiger partial charge < -0.3 is 5.32 Å². The van der Waals surface area contributed by atoms with Gasteiger partial charge in [-0.2, -0.15) is 0 Å². The number of anilines is 1. The van der Waals surface area contributed by atoms with Gasteiger partial charge in [-0.1, -0.05) is 48.0 Å². The molecule has 0 saturated heterocycles. The van der Waals surface area contributed by atoms with Crippen LogP contribution in [0.25, 0.3) is 0 Å². The van der Waals surface area contributed by atoms with Gasteiger partial charge in [0.15, 0.2) is 5.78 Å². The summed E-state index contributed by atoms with van der Waals surface area (Å²) in [6, 6.07) is 18.9. The molecule has 3 aromatic rings. The van der Waals surface area contributed by atoms with Crippen LogP contribution < -0.4 is 10.6 Å². The second-order valence-electron chi connectivity index (χ2n) is 6.87. The lowest BCUT2D eigenvalue weighted by Crippen LogP contribution is -2.40. The molecule has 0 aliphatic rings. The second kappa shape index (κ2) is 8.95. The largest absolute Gasteiger partial charge is 0.325 e. The topological polar surface area (TPSA) is 58.2 Å². The maximum absolute atomic E-state index is 12.7. The fourth-order valence-electron chi connectivity index (χ4n) is 2.95. The Morgan fingerprint density at radius 3 is 2.39 bits per heavy atom. The number of carbonyl (C=O) groups is 2. The molecule has 4 nitrogen and oxygen atoms in total. The van der Waals surface area contributed by atoms with E-state index in [0.717, 1.165) is 10.4 Å². The summed E-state index contributed by atoms with van der Waals surface area (Å²) >= 11 is 1.66. The molecule has 0 fully saturated rings. The Labute approximate surface area is 169 Å². The van der Waals surface area contributed by atoms with Gasteiger partial charge in [0.05, 0.1) is 12.1 Å². The summed E-state index contributed by atoms with van der Waals surface area (Å²) in [4.78, 5) is 25.4. The highest BCUT2D eigenvalue weighted by atomic mass is 32.1. The highest BCUT2D eigenvalue weighted by Crippen LogP contribution is 2.27. The zero-order chi connectivity index (χ0) is 20.1. The van der Waals surface area contributed by atoms with Crippen molar-refractivity contribution in [3.63, 3.8) is 0 Å². The Kier molecular flexibility index (Phi) is 6.39. The van der Waals surface area contributed by atoms with Crippen molar-refractivity contribution in [2.75, 3.05) is 5.32 Å². The van der Waals surface area contributed by atoms with Crippen molar-refractivity contribution in [3.05, 3.63) is 87.6 Å². The Balaban J connectivity index is 1.75. The Bertz CT molecular complexity index is 949. The van der Waals surface area contributed by atoms with Gasteiger partial charge in [-0.3, -0.25) is 14.9 Å². The third kappa shape index (κ3) is 4.94. The van der Waals surface area contributed by atoms with Crippen molar-refractivity contribution in [2.24, 2.45) is 0 Å². The number of carbonyl (C=O) groups excluding carboxylic acids is 2. The Morgan fingerprint density at radius 2 is 1.75 bits per heavy atom. The van der Waals surface area contributed by atoms with Crippen LogP contribution >= 0.6 is 11.3 Å². The highest BCUT2D eigenvalue weighted by molar-refractivity contribution is 7.10. The van der Waals surface area contributed by atoms with E-state index in [0.29, 0.717) is 11.3 Å². The van der Waals surface area contributed by atoms with Gasteiger partial charge in [0.1, 0.15) is 0 Å². The zero-order valence-corrected chi connectivity index (χ0v) is 17.0. The molecule has 1 amide bonds. The van der Waals surface area contributed by atoms with Crippen molar-refractivity contribution < 1.29 is 9.59 Å². The van der Waals surface area contributed by atoms with Crippen molar-refractivity contribution in [1.82, 2.24) is 5.32 Å². The summed E-state index contributed by atoms with van der Waals surface area (Å²) in [5.74, 6) is -0.172. The SMILES string of the molecule is CC(=O)c1cccc(NC(=O)[C@@H](C)N[C@H](c2ccc(C)cc2)c2cccs2)c1. The minimum atomic E-state index is -0.422. The average Bonchev–Trinajstić information content (AvgIpc) is 3.21. The van der Waals surface area contributed by atoms with Crippen molar-refractivity contribution >= 4 is 28.7 Å². The van der Waals surface area contributed by atoms with Gasteiger partial charge in [0, 0.05) is 16.1 Å². The molecule has 2 atom stereocenters. The minimum Gasteiger partial charge on any atom is -0.325 e. The van der Waals surface area contributed by atoms with Crippen LogP contribution in [0.1, 0.15) is 46.3 Å². The van der Waals surface area contributed by atoms with Crippen LogP contribution in [0.5, 0.6) is 0 Å². The van der Waals surface area contributed by atoms with E-state index in [1.54, 1.807) is 35.6 Å². The van der Waals surface area contributed by atoms with Crippen LogP contribution in [0.2, 0.25) is 0 Å². The Hall–Kier alpha value is -2.76. The van der Waals surface area contributed by atoms with E-state index in [4.69, 9.17) is 0 Å². The number of hydrogen-bond acceptors (Lipinski definition) is 4. The van der Waals surface area contributed by atoms with Gasteiger partial charge in [0.25, 0.3) is 0 Å². The quantitative estimate of drug-likeness (QED) is 0.559. The Morgan fingerprint density at radius 1 is 1.00 bits per heavy atom. The molecule has 1 aromatic heterocycles. The summed E-state index contributed by atoms with van der Waals surface area (Å²) in [6.07, 6.45) is 0. The zero-order valence-electron chi connectivity index (χ0n) is 16.2. The molecule has 28 heavy (non-hydrogen) atoms. The minimum absolute atomic E-state index is 0.0283. The van der Waals surface area contributed by atoms with Crippen LogP contribution in [0, 0.1) is 6.92 Å². The molecule has 0 spiro atoms. The first-order valence-electron chi connectivity index (χ1n) is 9.22. The molecule has 0 aliphatic carbocycles. The fraction of sp³-hybridized carbons (Fsp3) is 0.217. The van der Waals surface area contributed by atoms with Crippen LogP contribution in [0.4, 0.5) is 5.69 Å². The van der Waals surface area contributed by atoms with E-state index in [9.17, 15) is 9.59 Å². The number of thiophene rings is 1. The monoisotopic (exact) mass is 392 g/mol. The van der Waals surface area contributed by atoms with E-state index in [-0.39, 0.29) is 17.7 Å². The van der Waals surface area contributed by atoms with E-state index in [1.807, 2.05) is 18.4 Å². The van der Waals surface area contributed by atoms with Crippen LogP contribution in [-0.2, 0) is 4.79 Å². The first kappa shape index (κ1) is 20.0. The summed E-state index contributed by atoms with van der Waals surface area (Å²) in [7, 11) is 0. The molecule has 0 bridgehead atoms. The lowest BCUT2D eigenvalue weighted by Gasteiger charge is -2.23. The average molecular weight is 393 g/mol. The van der Waals surface area contributed by atoms with Gasteiger partial charge in [-0.05, 0) is 49.9 Å². The normalized spacial score (nSPS) is 13.0. The van der Waals surface area contributed by atoms with Crippen LogP contribution in [0.15, 0.2) is 66.0 Å². The molecule has 5 heteroatoms. The molecule has 0 unspecified atom stereocenters. The van der Waals surface area contributed by atoms with Gasteiger partial charge in [0.2, 0.25) is 5.91 Å². The molecule has 2 N–H and O–H groups in total. The molecule has 0 aliphatic heterocycles. The maximum atomic E-state index is 12.7. The number of benzene rings is 2. The predicted octanol–water partition coefficient (Wildman–Crippen LogP) is 4.97. The third-order valence-corrected chi connectivity index (χ3v) is 5.52. The van der Waals surface area contributed by atoms with Crippen molar-refractivity contribution in [3.8, 4) is 0 Å². The highest BCUT2D eigenvalue weighted by Gasteiger charge is 2.21. The molecular weight excluding hydrogens is 368 g/mol. The fourth-order valence-corrected chi connectivity index (χ4v) is 3.76. The van der Waals surface area contributed by atoms with E-state index in [1.165, 1.54) is 12.5 Å². The number of ketones is 1. The van der Waals surface area contributed by atoms with Crippen molar-refractivity contribution in [2.45, 2.75) is 32.9 Å². The number of rotatable bonds is 7. The molecule has 0 radical (unpaired) electrons. The maximum Gasteiger partial charge on any atom is 0.241 e. The van der Waals surface area contributed by atoms with Gasteiger partial charge >= 0.3 is 0 Å². The molecule has 1 heterocycles. The lowest BCUT2D eigenvalue weighted by atomic mass is 10.0. The van der Waals surface area contributed by atoms with E-state index >= 15 is 0 Å². The number of Topliss-reactive ketones (excluding diaryl/α,β-unsaturated/α-hetero) is 1. The lowest BCUT2D eigenvalue weighted by molar-refractivity contribution is -0.117. The number of aryl methyl sites for hydroxylation is 1. The number of nitrogens with one attached hydrogen (secondary N) is 2. The molecular formula is C23H24N2O2S. The standard InChI is InChI=1S/C23H24N2O2S/c1-15-9-11-18(12-10-15)22(21-8-5-13-28-21)24-16(2)23(27)25-20-7-4-6-19(14-20)17(3)26/h4-14,16,22,24H,1-3H3,(H,25,27)/t16-,22-/m1/s1. The molecule has 2 aromatic carbocycles. The van der Waals surface area contributed by atoms with Gasteiger partial charge in [-0.15, -0.1) is 11.3 Å². The van der Waals surface area contributed by atoms with Crippen LogP contribution in [0.3, 0.4) is 0 Å². The molecule has 3 rings (SSSR count). The first-order chi connectivity index (χ1) is 13.4. The van der Waals surface area contributed by atoms with Gasteiger partial charge in [-0.25, -0.2) is 0 Å². The summed E-state index contributed by atoms with van der Waals surface area (Å²) in [5, 5.41) is 8.38. The van der Waals surface area contributed by atoms with E-state index in [2.05, 4.69) is 47.9 Å². The smallest absolute Gasteiger partial charge is 0.241 e. The van der Waals surface area contributed by atoms with Crippen molar-refractivity contribution in [1.29, 1.82) is 0 Å². The summed E-state index contributed by atoms with van der Waals surface area (Å²) < 4.78 is 0. The number of hydrogen-bond donors (Lipinski definition) is 2. The second-order valence-corrected chi connectivity index (χ2v) is 7.85. The summed E-state index contributed by atoms with van der Waals surface area (Å²) in [6.45, 7) is 5.42. The third-order valence-electron chi connectivity index (χ3n) is 4.58. The molecule has 0 saturated carbocycles. The molecule has 144 valence electrons. The predicted molar refractivity (Wildman–Crippen MR) is 115 cm³/mol. The number of amides is 1. The van der Waals surface area contributed by atoms with E-state index < -0.39 is 6.04 Å². The first-order valence-corrected chi connectivity index (χ1v) is 10.1. The summed E-state index contributed by atoms with van der Waals surface area (Å²) in [5.41, 5.74) is 3.51.